The molecule has 124 valence electrons. The number of fused-ring (bicyclic) bond motifs is 1. The second-order valence-electron chi connectivity index (χ2n) is 6.20. The molecule has 0 aliphatic rings. The van der Waals surface area contributed by atoms with Crippen LogP contribution in [0.1, 0.15) is 17.0 Å². The Morgan fingerprint density at radius 2 is 1.64 bits per heavy atom. The maximum atomic E-state index is 13.1. The Morgan fingerprint density at radius 3 is 2.32 bits per heavy atom. The summed E-state index contributed by atoms with van der Waals surface area (Å²) in [5.74, 6) is 0. The Hall–Kier alpha value is -3.21. The summed E-state index contributed by atoms with van der Waals surface area (Å²) >= 11 is 0. The number of aromatic nitrogens is 4. The van der Waals surface area contributed by atoms with Gasteiger partial charge in [0.25, 0.3) is 5.56 Å². The molecule has 0 spiro atoms. The SMILES string of the molecule is Cc1ccc(-n2c(C)c3cnn(-c4cccnc4)c(=O)c3c2C)cc1. The zero-order valence-corrected chi connectivity index (χ0v) is 14.4. The predicted octanol–water partition coefficient (Wildman–Crippen LogP) is 3.50. The first-order valence-electron chi connectivity index (χ1n) is 8.15. The summed E-state index contributed by atoms with van der Waals surface area (Å²) in [5, 5.41) is 5.92. The molecule has 0 aliphatic heterocycles. The van der Waals surface area contributed by atoms with Crippen LogP contribution in [0.4, 0.5) is 0 Å². The highest BCUT2D eigenvalue weighted by Crippen LogP contribution is 2.26. The summed E-state index contributed by atoms with van der Waals surface area (Å²) in [4.78, 5) is 17.1. The van der Waals surface area contributed by atoms with Crippen LogP contribution in [-0.4, -0.2) is 19.3 Å². The molecule has 25 heavy (non-hydrogen) atoms. The fourth-order valence-electron chi connectivity index (χ4n) is 3.31. The largest absolute Gasteiger partial charge is 0.317 e. The van der Waals surface area contributed by atoms with Gasteiger partial charge in [-0.2, -0.15) is 9.78 Å². The van der Waals surface area contributed by atoms with Gasteiger partial charge in [-0.15, -0.1) is 0 Å². The summed E-state index contributed by atoms with van der Waals surface area (Å²) in [6, 6.07) is 11.9. The highest BCUT2D eigenvalue weighted by atomic mass is 16.1. The van der Waals surface area contributed by atoms with E-state index in [0.29, 0.717) is 11.1 Å². The molecule has 0 saturated heterocycles. The molecule has 0 N–H and O–H groups in total. The maximum Gasteiger partial charge on any atom is 0.281 e. The topological polar surface area (TPSA) is 52.7 Å². The van der Waals surface area contributed by atoms with Crippen LogP contribution in [0.15, 0.2) is 59.8 Å². The first kappa shape index (κ1) is 15.3. The molecule has 3 heterocycles. The summed E-state index contributed by atoms with van der Waals surface area (Å²) in [6.07, 6.45) is 5.08. The molecule has 3 aromatic heterocycles. The Labute approximate surface area is 145 Å². The first-order chi connectivity index (χ1) is 12.1. The number of benzene rings is 1. The van der Waals surface area contributed by atoms with E-state index in [4.69, 9.17) is 0 Å². The van der Waals surface area contributed by atoms with Gasteiger partial charge in [0, 0.05) is 28.7 Å². The van der Waals surface area contributed by atoms with Crippen molar-refractivity contribution in [3.05, 3.63) is 82.3 Å². The number of hydrogen-bond acceptors (Lipinski definition) is 3. The van der Waals surface area contributed by atoms with Crippen molar-refractivity contribution in [2.24, 2.45) is 0 Å². The summed E-state index contributed by atoms with van der Waals surface area (Å²) in [6.45, 7) is 6.06. The zero-order valence-electron chi connectivity index (χ0n) is 14.4. The van der Waals surface area contributed by atoms with E-state index >= 15 is 0 Å². The summed E-state index contributed by atoms with van der Waals surface area (Å²) in [5.41, 5.74) is 4.72. The van der Waals surface area contributed by atoms with Gasteiger partial charge in [0.1, 0.15) is 0 Å². The van der Waals surface area contributed by atoms with Gasteiger partial charge in [-0.1, -0.05) is 17.7 Å². The smallest absolute Gasteiger partial charge is 0.281 e. The molecule has 0 atom stereocenters. The third-order valence-corrected chi connectivity index (χ3v) is 4.58. The highest BCUT2D eigenvalue weighted by molar-refractivity contribution is 5.88. The summed E-state index contributed by atoms with van der Waals surface area (Å²) in [7, 11) is 0. The van der Waals surface area contributed by atoms with E-state index in [1.807, 2.05) is 19.9 Å². The van der Waals surface area contributed by atoms with E-state index in [1.54, 1.807) is 24.7 Å². The van der Waals surface area contributed by atoms with E-state index in [2.05, 4.69) is 45.8 Å². The number of pyridine rings is 1. The van der Waals surface area contributed by atoms with Crippen molar-refractivity contribution in [3.8, 4) is 11.4 Å². The van der Waals surface area contributed by atoms with Crippen molar-refractivity contribution in [2.45, 2.75) is 20.8 Å². The lowest BCUT2D eigenvalue weighted by Gasteiger charge is -2.09. The molecular weight excluding hydrogens is 312 g/mol. The van der Waals surface area contributed by atoms with Gasteiger partial charge in [-0.25, -0.2) is 0 Å². The average Bonchev–Trinajstić information content (AvgIpc) is 2.88. The zero-order chi connectivity index (χ0) is 17.6. The molecule has 0 saturated carbocycles. The molecule has 4 rings (SSSR count). The van der Waals surface area contributed by atoms with Crippen molar-refractivity contribution in [2.75, 3.05) is 0 Å². The lowest BCUT2D eigenvalue weighted by Crippen LogP contribution is -2.21. The van der Waals surface area contributed by atoms with Gasteiger partial charge in [0.05, 0.1) is 23.5 Å². The fourth-order valence-corrected chi connectivity index (χ4v) is 3.31. The van der Waals surface area contributed by atoms with Crippen LogP contribution in [0.2, 0.25) is 0 Å². The number of nitrogens with zero attached hydrogens (tertiary/aromatic N) is 4. The second-order valence-corrected chi connectivity index (χ2v) is 6.20. The van der Waals surface area contributed by atoms with Crippen LogP contribution in [-0.2, 0) is 0 Å². The van der Waals surface area contributed by atoms with Crippen molar-refractivity contribution in [3.63, 3.8) is 0 Å². The van der Waals surface area contributed by atoms with E-state index in [-0.39, 0.29) is 5.56 Å². The Bertz CT molecular complexity index is 1120. The molecule has 0 bridgehead atoms. The van der Waals surface area contributed by atoms with Crippen molar-refractivity contribution in [1.82, 2.24) is 19.3 Å². The Kier molecular flexibility index (Phi) is 3.50. The van der Waals surface area contributed by atoms with Gasteiger partial charge in [0.2, 0.25) is 0 Å². The van der Waals surface area contributed by atoms with Gasteiger partial charge in [-0.05, 0) is 45.0 Å². The van der Waals surface area contributed by atoms with E-state index in [1.165, 1.54) is 10.2 Å². The molecular formula is C20H18N4O. The van der Waals surface area contributed by atoms with Crippen LogP contribution in [0.25, 0.3) is 22.1 Å². The molecule has 0 amide bonds. The lowest BCUT2D eigenvalue weighted by molar-refractivity contribution is 0.816. The van der Waals surface area contributed by atoms with Crippen LogP contribution in [0.5, 0.6) is 0 Å². The second kappa shape index (κ2) is 5.70. The number of hydrogen-bond donors (Lipinski definition) is 0. The van der Waals surface area contributed by atoms with Gasteiger partial charge < -0.3 is 4.57 Å². The first-order valence-corrected chi connectivity index (χ1v) is 8.15. The van der Waals surface area contributed by atoms with Gasteiger partial charge >= 0.3 is 0 Å². The van der Waals surface area contributed by atoms with E-state index in [9.17, 15) is 4.79 Å². The third-order valence-electron chi connectivity index (χ3n) is 4.58. The van der Waals surface area contributed by atoms with Gasteiger partial charge in [-0.3, -0.25) is 9.78 Å². The number of rotatable bonds is 2. The van der Waals surface area contributed by atoms with Crippen LogP contribution >= 0.6 is 0 Å². The monoisotopic (exact) mass is 330 g/mol. The van der Waals surface area contributed by atoms with Crippen molar-refractivity contribution in [1.29, 1.82) is 0 Å². The van der Waals surface area contributed by atoms with E-state index < -0.39 is 0 Å². The fraction of sp³-hybridized carbons (Fsp3) is 0.150. The molecule has 1 aromatic carbocycles. The Balaban J connectivity index is 2.01. The van der Waals surface area contributed by atoms with E-state index in [0.717, 1.165) is 22.5 Å². The van der Waals surface area contributed by atoms with Crippen LogP contribution in [0, 0.1) is 20.8 Å². The Morgan fingerprint density at radius 1 is 0.880 bits per heavy atom. The minimum absolute atomic E-state index is 0.128. The predicted molar refractivity (Wildman–Crippen MR) is 98.7 cm³/mol. The number of aryl methyl sites for hydroxylation is 3. The van der Waals surface area contributed by atoms with Crippen molar-refractivity contribution < 1.29 is 0 Å². The molecule has 5 nitrogen and oxygen atoms in total. The normalized spacial score (nSPS) is 11.2. The maximum absolute atomic E-state index is 13.1. The highest BCUT2D eigenvalue weighted by Gasteiger charge is 2.17. The molecule has 5 heteroatoms. The lowest BCUT2D eigenvalue weighted by atomic mass is 10.2. The molecule has 0 unspecified atom stereocenters. The van der Waals surface area contributed by atoms with Crippen LogP contribution < -0.4 is 5.56 Å². The van der Waals surface area contributed by atoms with Gasteiger partial charge in [0.15, 0.2) is 0 Å². The molecule has 0 fully saturated rings. The van der Waals surface area contributed by atoms with Crippen LogP contribution in [0.3, 0.4) is 0 Å². The molecule has 0 aliphatic carbocycles. The standard InChI is InChI=1S/C20H18N4O/c1-13-6-8-16(9-7-13)23-14(2)18-12-22-24(17-5-4-10-21-11-17)20(25)19(18)15(23)3/h4-12H,1-3H3. The molecule has 0 radical (unpaired) electrons. The minimum atomic E-state index is -0.128. The average molecular weight is 330 g/mol. The molecule has 4 aromatic rings. The van der Waals surface area contributed by atoms with Crippen molar-refractivity contribution >= 4 is 10.8 Å². The summed E-state index contributed by atoms with van der Waals surface area (Å²) < 4.78 is 3.52. The minimum Gasteiger partial charge on any atom is -0.317 e. The third kappa shape index (κ3) is 2.36. The quantitative estimate of drug-likeness (QED) is 0.565.